The number of halogens is 2. The number of methoxy groups -OCH3 is 1. The maximum atomic E-state index is 15.2. The summed E-state index contributed by atoms with van der Waals surface area (Å²) in [6, 6.07) is 16.8. The average Bonchev–Trinajstić information content (AvgIpc) is 3.53. The summed E-state index contributed by atoms with van der Waals surface area (Å²) in [5.74, 6) is 1.66. The molecule has 1 fully saturated rings. The molecule has 5 aromatic rings. The van der Waals surface area contributed by atoms with Crippen LogP contribution in [0.1, 0.15) is 32.1 Å². The molecular weight excluding hydrogens is 669 g/mol. The molecule has 1 aliphatic heterocycles. The molecule has 0 spiro atoms. The Hall–Kier alpha value is -4.55. The number of fused-ring (bicyclic) bond motifs is 1. The Labute approximate surface area is 280 Å². The lowest BCUT2D eigenvalue weighted by Gasteiger charge is -2.30. The van der Waals surface area contributed by atoms with Crippen molar-refractivity contribution >= 4 is 38.4 Å². The van der Waals surface area contributed by atoms with Gasteiger partial charge < -0.3 is 28.8 Å². The second-order valence-electron chi connectivity index (χ2n) is 11.5. The first-order valence-electron chi connectivity index (χ1n) is 15.5. The van der Waals surface area contributed by atoms with E-state index < -0.39 is 11.7 Å². The number of anilines is 1. The van der Waals surface area contributed by atoms with E-state index in [4.69, 9.17) is 18.6 Å². The number of pyridine rings is 1. The number of nitrogens with one attached hydrogen (secondary N) is 1. The van der Waals surface area contributed by atoms with Crippen molar-refractivity contribution in [2.24, 2.45) is 5.92 Å². The van der Waals surface area contributed by atoms with Gasteiger partial charge in [0.1, 0.15) is 12.2 Å². The van der Waals surface area contributed by atoms with Crippen molar-refractivity contribution in [2.75, 3.05) is 38.7 Å². The molecule has 0 saturated carbocycles. The third-order valence-corrected chi connectivity index (χ3v) is 8.57. The van der Waals surface area contributed by atoms with Gasteiger partial charge in [-0.05, 0) is 86.8 Å². The lowest BCUT2D eigenvalue weighted by molar-refractivity contribution is -0.115. The van der Waals surface area contributed by atoms with Gasteiger partial charge in [0.2, 0.25) is 17.7 Å². The van der Waals surface area contributed by atoms with Gasteiger partial charge in [-0.25, -0.2) is 4.39 Å². The second-order valence-corrected chi connectivity index (χ2v) is 12.5. The van der Waals surface area contributed by atoms with Crippen molar-refractivity contribution < 1.29 is 27.8 Å². The summed E-state index contributed by atoms with van der Waals surface area (Å²) in [6.07, 6.45) is 4.83. The van der Waals surface area contributed by atoms with Gasteiger partial charge in [-0.15, -0.1) is 10.2 Å². The molecule has 6 rings (SSSR count). The normalized spacial score (nSPS) is 13.9. The van der Waals surface area contributed by atoms with E-state index in [0.717, 1.165) is 42.0 Å². The van der Waals surface area contributed by atoms with Crippen LogP contribution in [0, 0.1) is 11.7 Å². The molecule has 0 aliphatic carbocycles. The molecule has 2 aromatic heterocycles. The van der Waals surface area contributed by atoms with Gasteiger partial charge in [-0.2, -0.15) is 0 Å². The number of likely N-dealkylation sites (tertiary alicyclic amines) is 1. The summed E-state index contributed by atoms with van der Waals surface area (Å²) in [6.45, 7) is 6.15. The molecule has 0 radical (unpaired) electrons. The van der Waals surface area contributed by atoms with Crippen LogP contribution in [-0.4, -0.2) is 59.3 Å². The minimum Gasteiger partial charge on any atom is -0.493 e. The lowest BCUT2D eigenvalue weighted by Crippen LogP contribution is -2.34. The molecule has 47 heavy (non-hydrogen) atoms. The zero-order chi connectivity index (χ0) is 32.8. The SMILES string of the molecule is COc1cc2c(Oc3ccc(NC(=O)Cc4nnc(-c5ccc(Br)cc5)o4)cc3F)ccnc2cc1OCCCN1CCC(C)CC1. The number of hydrogen-bond donors (Lipinski definition) is 1. The summed E-state index contributed by atoms with van der Waals surface area (Å²) in [5.41, 5.74) is 1.61. The largest absolute Gasteiger partial charge is 0.493 e. The Balaban J connectivity index is 1.07. The highest BCUT2D eigenvalue weighted by atomic mass is 79.9. The smallest absolute Gasteiger partial charge is 0.247 e. The predicted octanol–water partition coefficient (Wildman–Crippen LogP) is 7.67. The molecule has 1 aliphatic rings. The molecule has 0 atom stereocenters. The first-order chi connectivity index (χ1) is 22.8. The fourth-order valence-electron chi connectivity index (χ4n) is 5.40. The third-order valence-electron chi connectivity index (χ3n) is 8.04. The van der Waals surface area contributed by atoms with E-state index in [9.17, 15) is 4.79 Å². The number of amides is 1. The Bertz CT molecular complexity index is 1840. The first-order valence-corrected chi connectivity index (χ1v) is 16.3. The molecule has 244 valence electrons. The minimum atomic E-state index is -0.654. The second kappa shape index (κ2) is 14.9. The van der Waals surface area contributed by atoms with E-state index in [2.05, 4.69) is 48.3 Å². The van der Waals surface area contributed by atoms with Crippen LogP contribution in [0.15, 0.2) is 75.8 Å². The van der Waals surface area contributed by atoms with Crippen LogP contribution in [0.3, 0.4) is 0 Å². The summed E-state index contributed by atoms with van der Waals surface area (Å²) in [7, 11) is 1.58. The Kier molecular flexibility index (Phi) is 10.3. The van der Waals surface area contributed by atoms with Crippen molar-refractivity contribution in [1.29, 1.82) is 0 Å². The molecular formula is C35H35BrFN5O5. The average molecular weight is 705 g/mol. The van der Waals surface area contributed by atoms with Crippen LogP contribution in [-0.2, 0) is 11.2 Å². The number of benzene rings is 3. The van der Waals surface area contributed by atoms with Crippen LogP contribution >= 0.6 is 15.9 Å². The maximum absolute atomic E-state index is 15.2. The molecule has 0 unspecified atom stereocenters. The van der Waals surface area contributed by atoms with E-state index in [1.807, 2.05) is 30.3 Å². The molecule has 12 heteroatoms. The fraction of sp³-hybridized carbons (Fsp3) is 0.314. The van der Waals surface area contributed by atoms with Gasteiger partial charge in [0, 0.05) is 46.0 Å². The molecule has 1 saturated heterocycles. The highest BCUT2D eigenvalue weighted by Gasteiger charge is 2.18. The van der Waals surface area contributed by atoms with Gasteiger partial charge in [0.25, 0.3) is 0 Å². The van der Waals surface area contributed by atoms with Crippen LogP contribution in [0.4, 0.5) is 10.1 Å². The molecule has 3 aromatic carbocycles. The Morgan fingerprint density at radius 2 is 1.83 bits per heavy atom. The van der Waals surface area contributed by atoms with Crippen LogP contribution in [0.2, 0.25) is 0 Å². The zero-order valence-corrected chi connectivity index (χ0v) is 27.8. The van der Waals surface area contributed by atoms with E-state index >= 15 is 4.39 Å². The molecule has 3 heterocycles. The Morgan fingerprint density at radius 3 is 2.60 bits per heavy atom. The number of rotatable bonds is 12. The Morgan fingerprint density at radius 1 is 1.02 bits per heavy atom. The van der Waals surface area contributed by atoms with Gasteiger partial charge in [-0.1, -0.05) is 22.9 Å². The van der Waals surface area contributed by atoms with Crippen molar-refractivity contribution in [3.05, 3.63) is 83.0 Å². The predicted molar refractivity (Wildman–Crippen MR) is 179 cm³/mol. The van der Waals surface area contributed by atoms with Gasteiger partial charge in [0.05, 0.1) is 19.2 Å². The first kappa shape index (κ1) is 32.4. The number of nitrogens with zero attached hydrogens (tertiary/aromatic N) is 4. The molecule has 0 bridgehead atoms. The maximum Gasteiger partial charge on any atom is 0.247 e. The van der Waals surface area contributed by atoms with E-state index in [1.54, 1.807) is 31.5 Å². The van der Waals surface area contributed by atoms with Crippen molar-refractivity contribution in [3.8, 4) is 34.5 Å². The van der Waals surface area contributed by atoms with Gasteiger partial charge >= 0.3 is 0 Å². The highest BCUT2D eigenvalue weighted by Crippen LogP contribution is 2.38. The minimum absolute atomic E-state index is 0.0158. The standard InChI is InChI=1S/C35H35BrFN5O5/c1-22-11-15-42(16-12-22)14-3-17-45-32-20-28-26(19-31(32)44-2)29(10-13-38-28)46-30-9-8-25(18-27(30)37)39-33(43)21-34-40-41-35(47-34)23-4-6-24(36)7-5-23/h4-10,13,18-20,22H,3,11-12,14-17,21H2,1-2H3,(H,39,43). The quantitative estimate of drug-likeness (QED) is 0.131. The van der Waals surface area contributed by atoms with Crippen molar-refractivity contribution in [2.45, 2.75) is 32.6 Å². The molecule has 1 amide bonds. The topological polar surface area (TPSA) is 112 Å². The number of piperidine rings is 1. The van der Waals surface area contributed by atoms with Gasteiger partial charge in [-0.3, -0.25) is 9.78 Å². The van der Waals surface area contributed by atoms with Crippen molar-refractivity contribution in [1.82, 2.24) is 20.1 Å². The van der Waals surface area contributed by atoms with Crippen LogP contribution in [0.25, 0.3) is 22.4 Å². The van der Waals surface area contributed by atoms with E-state index in [1.165, 1.54) is 25.0 Å². The van der Waals surface area contributed by atoms with E-state index in [0.29, 0.717) is 40.6 Å². The monoisotopic (exact) mass is 703 g/mol. The van der Waals surface area contributed by atoms with Crippen LogP contribution < -0.4 is 19.5 Å². The summed E-state index contributed by atoms with van der Waals surface area (Å²) in [5, 5.41) is 11.2. The number of ether oxygens (including phenoxy) is 3. The lowest BCUT2D eigenvalue weighted by atomic mass is 9.99. The fourth-order valence-corrected chi connectivity index (χ4v) is 5.67. The number of carbonyl (C=O) groups is 1. The molecule has 1 N–H and O–H groups in total. The zero-order valence-electron chi connectivity index (χ0n) is 26.2. The third kappa shape index (κ3) is 8.25. The number of hydrogen-bond acceptors (Lipinski definition) is 9. The van der Waals surface area contributed by atoms with Crippen molar-refractivity contribution in [3.63, 3.8) is 0 Å². The highest BCUT2D eigenvalue weighted by molar-refractivity contribution is 9.10. The summed E-state index contributed by atoms with van der Waals surface area (Å²) in [4.78, 5) is 19.6. The van der Waals surface area contributed by atoms with Gasteiger partial charge in [0.15, 0.2) is 23.1 Å². The summed E-state index contributed by atoms with van der Waals surface area (Å²) >= 11 is 3.38. The summed E-state index contributed by atoms with van der Waals surface area (Å²) < 4.78 is 39.4. The van der Waals surface area contributed by atoms with Crippen LogP contribution in [0.5, 0.6) is 23.0 Å². The number of aromatic nitrogens is 3. The molecule has 10 nitrogen and oxygen atoms in total. The number of carbonyl (C=O) groups excluding carboxylic acids is 1. The van der Waals surface area contributed by atoms with E-state index in [-0.39, 0.29) is 23.7 Å².